The molecule has 0 aliphatic carbocycles. The Bertz CT molecular complexity index is 332. The second-order valence-corrected chi connectivity index (χ2v) is 4.89. The second-order valence-electron chi connectivity index (χ2n) is 4.89. The molecule has 100 valence electrons. The SMILES string of the molecule is CCCCCCC(CCC(=O)O)c1ccccc1. The van der Waals surface area contributed by atoms with E-state index >= 15 is 0 Å². The van der Waals surface area contributed by atoms with Crippen molar-refractivity contribution in [3.05, 3.63) is 35.9 Å². The molecule has 0 radical (unpaired) electrons. The number of carboxylic acid groups (broad SMARTS) is 1. The molecule has 1 rings (SSSR count). The maximum Gasteiger partial charge on any atom is 0.303 e. The van der Waals surface area contributed by atoms with Crippen molar-refractivity contribution in [3.63, 3.8) is 0 Å². The summed E-state index contributed by atoms with van der Waals surface area (Å²) in [6.45, 7) is 2.21. The molecule has 2 heteroatoms. The third-order valence-corrected chi connectivity index (χ3v) is 3.38. The topological polar surface area (TPSA) is 37.3 Å². The predicted octanol–water partition coefficient (Wildman–Crippen LogP) is 4.61. The highest BCUT2D eigenvalue weighted by Gasteiger charge is 2.12. The molecule has 0 saturated heterocycles. The minimum atomic E-state index is -0.690. The van der Waals surface area contributed by atoms with E-state index in [9.17, 15) is 4.79 Å². The van der Waals surface area contributed by atoms with Crippen LogP contribution in [0.1, 0.15) is 63.4 Å². The van der Waals surface area contributed by atoms with Gasteiger partial charge in [-0.1, -0.05) is 62.9 Å². The van der Waals surface area contributed by atoms with Crippen molar-refractivity contribution in [2.45, 2.75) is 57.8 Å². The molecule has 2 nitrogen and oxygen atoms in total. The summed E-state index contributed by atoms with van der Waals surface area (Å²) in [5.41, 5.74) is 1.29. The molecule has 0 fully saturated rings. The van der Waals surface area contributed by atoms with Gasteiger partial charge < -0.3 is 5.11 Å². The van der Waals surface area contributed by atoms with Crippen molar-refractivity contribution >= 4 is 5.97 Å². The lowest BCUT2D eigenvalue weighted by atomic mass is 9.89. The fourth-order valence-electron chi connectivity index (χ4n) is 2.32. The summed E-state index contributed by atoms with van der Waals surface area (Å²) >= 11 is 0. The molecule has 1 unspecified atom stereocenters. The quantitative estimate of drug-likeness (QED) is 0.648. The Kier molecular flexibility index (Phi) is 7.16. The van der Waals surface area contributed by atoms with Crippen LogP contribution in [-0.2, 0) is 4.79 Å². The molecule has 0 bridgehead atoms. The van der Waals surface area contributed by atoms with E-state index in [1.54, 1.807) is 0 Å². The van der Waals surface area contributed by atoms with Gasteiger partial charge in [0.25, 0.3) is 0 Å². The number of unbranched alkanes of at least 4 members (excludes halogenated alkanes) is 3. The van der Waals surface area contributed by atoms with Crippen LogP contribution < -0.4 is 0 Å². The summed E-state index contributed by atoms with van der Waals surface area (Å²) in [6, 6.07) is 10.3. The zero-order valence-corrected chi connectivity index (χ0v) is 11.3. The zero-order chi connectivity index (χ0) is 13.2. The van der Waals surface area contributed by atoms with E-state index in [4.69, 9.17) is 5.11 Å². The third-order valence-electron chi connectivity index (χ3n) is 3.38. The van der Waals surface area contributed by atoms with Crippen molar-refractivity contribution in [1.82, 2.24) is 0 Å². The maximum absolute atomic E-state index is 10.7. The van der Waals surface area contributed by atoms with Gasteiger partial charge in [-0.2, -0.15) is 0 Å². The summed E-state index contributed by atoms with van der Waals surface area (Å²) in [4.78, 5) is 10.7. The number of carbonyl (C=O) groups is 1. The largest absolute Gasteiger partial charge is 0.481 e. The molecule has 0 heterocycles. The Morgan fingerprint density at radius 2 is 1.83 bits per heavy atom. The minimum absolute atomic E-state index is 0.271. The highest BCUT2D eigenvalue weighted by Crippen LogP contribution is 2.27. The predicted molar refractivity (Wildman–Crippen MR) is 74.8 cm³/mol. The van der Waals surface area contributed by atoms with Crippen molar-refractivity contribution in [2.75, 3.05) is 0 Å². The van der Waals surface area contributed by atoms with Crippen LogP contribution in [0.25, 0.3) is 0 Å². The summed E-state index contributed by atoms with van der Waals surface area (Å²) in [6.07, 6.45) is 7.11. The summed E-state index contributed by atoms with van der Waals surface area (Å²) in [5, 5.41) is 8.82. The van der Waals surface area contributed by atoms with Crippen LogP contribution in [-0.4, -0.2) is 11.1 Å². The van der Waals surface area contributed by atoms with Crippen LogP contribution in [0.2, 0.25) is 0 Å². The molecule has 1 aromatic rings. The van der Waals surface area contributed by atoms with E-state index in [1.165, 1.54) is 31.2 Å². The molecule has 1 atom stereocenters. The average Bonchev–Trinajstić information content (AvgIpc) is 2.38. The summed E-state index contributed by atoms with van der Waals surface area (Å²) in [7, 11) is 0. The lowest BCUT2D eigenvalue weighted by Gasteiger charge is -2.16. The van der Waals surface area contributed by atoms with Crippen molar-refractivity contribution in [2.24, 2.45) is 0 Å². The Morgan fingerprint density at radius 3 is 2.44 bits per heavy atom. The molecule has 0 amide bonds. The molecule has 0 spiro atoms. The molecule has 0 aliphatic heterocycles. The van der Waals surface area contributed by atoms with Crippen molar-refractivity contribution in [3.8, 4) is 0 Å². The fourth-order valence-corrected chi connectivity index (χ4v) is 2.32. The molecule has 0 aliphatic rings. The molecule has 18 heavy (non-hydrogen) atoms. The average molecular weight is 248 g/mol. The molecular formula is C16H24O2. The van der Waals surface area contributed by atoms with Crippen LogP contribution in [0.15, 0.2) is 30.3 Å². The van der Waals surface area contributed by atoms with Gasteiger partial charge in [-0.3, -0.25) is 4.79 Å². The molecule has 1 N–H and O–H groups in total. The van der Waals surface area contributed by atoms with E-state index in [0.717, 1.165) is 12.8 Å². The first kappa shape index (κ1) is 14.7. The number of rotatable bonds is 9. The van der Waals surface area contributed by atoms with Gasteiger partial charge in [0.15, 0.2) is 0 Å². The minimum Gasteiger partial charge on any atom is -0.481 e. The zero-order valence-electron chi connectivity index (χ0n) is 11.3. The Morgan fingerprint density at radius 1 is 1.11 bits per heavy atom. The van der Waals surface area contributed by atoms with E-state index in [1.807, 2.05) is 18.2 Å². The molecule has 0 aromatic heterocycles. The Labute approximate surface area is 110 Å². The lowest BCUT2D eigenvalue weighted by Crippen LogP contribution is -2.03. The highest BCUT2D eigenvalue weighted by molar-refractivity contribution is 5.66. The number of benzene rings is 1. The van der Waals surface area contributed by atoms with Crippen LogP contribution in [0, 0.1) is 0 Å². The van der Waals surface area contributed by atoms with Crippen molar-refractivity contribution < 1.29 is 9.90 Å². The van der Waals surface area contributed by atoms with Crippen LogP contribution in [0.3, 0.4) is 0 Å². The number of carboxylic acids is 1. The normalized spacial score (nSPS) is 12.3. The number of aliphatic carboxylic acids is 1. The van der Waals surface area contributed by atoms with E-state index in [0.29, 0.717) is 5.92 Å². The van der Waals surface area contributed by atoms with Gasteiger partial charge in [0, 0.05) is 6.42 Å². The Hall–Kier alpha value is -1.31. The van der Waals surface area contributed by atoms with Crippen molar-refractivity contribution in [1.29, 1.82) is 0 Å². The third kappa shape index (κ3) is 5.85. The Balaban J connectivity index is 2.49. The van der Waals surface area contributed by atoms with E-state index in [2.05, 4.69) is 19.1 Å². The molecule has 1 aromatic carbocycles. The van der Waals surface area contributed by atoms with E-state index < -0.39 is 5.97 Å². The van der Waals surface area contributed by atoms with Gasteiger partial charge in [-0.25, -0.2) is 0 Å². The van der Waals surface area contributed by atoms with Gasteiger partial charge in [0.05, 0.1) is 0 Å². The number of hydrogen-bond acceptors (Lipinski definition) is 1. The summed E-state index contributed by atoms with van der Waals surface area (Å²) in [5.74, 6) is -0.288. The first-order valence-corrected chi connectivity index (χ1v) is 7.00. The molecular weight excluding hydrogens is 224 g/mol. The van der Waals surface area contributed by atoms with Gasteiger partial charge in [-0.15, -0.1) is 0 Å². The van der Waals surface area contributed by atoms with Crippen LogP contribution in [0.4, 0.5) is 0 Å². The van der Waals surface area contributed by atoms with Gasteiger partial charge in [0.1, 0.15) is 0 Å². The van der Waals surface area contributed by atoms with E-state index in [-0.39, 0.29) is 6.42 Å². The highest BCUT2D eigenvalue weighted by atomic mass is 16.4. The second kappa shape index (κ2) is 8.73. The summed E-state index contributed by atoms with van der Waals surface area (Å²) < 4.78 is 0. The first-order chi connectivity index (χ1) is 8.74. The smallest absolute Gasteiger partial charge is 0.303 e. The fraction of sp³-hybridized carbons (Fsp3) is 0.562. The van der Waals surface area contributed by atoms with Gasteiger partial charge >= 0.3 is 5.97 Å². The first-order valence-electron chi connectivity index (χ1n) is 7.00. The van der Waals surface area contributed by atoms with Gasteiger partial charge in [0.2, 0.25) is 0 Å². The van der Waals surface area contributed by atoms with Crippen LogP contribution in [0.5, 0.6) is 0 Å². The number of hydrogen-bond donors (Lipinski definition) is 1. The maximum atomic E-state index is 10.7. The molecule has 0 saturated carbocycles. The van der Waals surface area contributed by atoms with Crippen LogP contribution >= 0.6 is 0 Å². The van der Waals surface area contributed by atoms with Gasteiger partial charge in [-0.05, 0) is 24.3 Å². The standard InChI is InChI=1S/C16H24O2/c1-2-3-4-6-11-15(12-13-16(17)18)14-9-7-5-8-10-14/h5,7-10,15H,2-4,6,11-13H2,1H3,(H,17,18). The lowest BCUT2D eigenvalue weighted by molar-refractivity contribution is -0.137. The monoisotopic (exact) mass is 248 g/mol.